The zero-order chi connectivity index (χ0) is 14.7. The van der Waals surface area contributed by atoms with Gasteiger partial charge in [0.05, 0.1) is 17.7 Å². The molecule has 0 bridgehead atoms. The molecule has 0 saturated heterocycles. The van der Waals surface area contributed by atoms with Crippen LogP contribution in [0.3, 0.4) is 0 Å². The number of anilines is 2. The molecule has 0 amide bonds. The van der Waals surface area contributed by atoms with E-state index in [9.17, 15) is 14.5 Å². The lowest BCUT2D eigenvalue weighted by molar-refractivity contribution is -0.384. The highest BCUT2D eigenvalue weighted by Crippen LogP contribution is 2.32. The van der Waals surface area contributed by atoms with Gasteiger partial charge in [-0.05, 0) is 24.3 Å². The lowest BCUT2D eigenvalue weighted by Gasteiger charge is -2.10. The molecule has 0 atom stereocenters. The third-order valence-corrected chi connectivity index (χ3v) is 3.09. The second-order valence-corrected chi connectivity index (χ2v) is 4.81. The van der Waals surface area contributed by atoms with E-state index in [1.165, 1.54) is 37.4 Å². The molecule has 0 aliphatic rings. The molecule has 0 heterocycles. The normalized spacial score (nSPS) is 10.2. The summed E-state index contributed by atoms with van der Waals surface area (Å²) in [4.78, 5) is 10.5. The highest BCUT2D eigenvalue weighted by atomic mass is 79.9. The van der Waals surface area contributed by atoms with Crippen LogP contribution in [0.15, 0.2) is 40.9 Å². The maximum absolute atomic E-state index is 13.7. The van der Waals surface area contributed by atoms with E-state index < -0.39 is 10.7 Å². The third-order valence-electron chi connectivity index (χ3n) is 2.60. The number of nitro benzene ring substituents is 1. The number of nitrogens with zero attached hydrogens (tertiary/aromatic N) is 1. The molecule has 0 fully saturated rings. The number of hydrogen-bond acceptors (Lipinski definition) is 4. The second-order valence-electron chi connectivity index (χ2n) is 3.89. The summed E-state index contributed by atoms with van der Waals surface area (Å²) in [6.07, 6.45) is 0. The molecular formula is C13H10BrFN2O3. The van der Waals surface area contributed by atoms with E-state index in [1.54, 1.807) is 6.07 Å². The van der Waals surface area contributed by atoms with Crippen molar-refractivity contribution in [2.75, 3.05) is 12.4 Å². The third kappa shape index (κ3) is 3.05. The first-order valence-corrected chi connectivity index (χ1v) is 6.35. The fourth-order valence-corrected chi connectivity index (χ4v) is 1.98. The van der Waals surface area contributed by atoms with Gasteiger partial charge in [-0.1, -0.05) is 15.9 Å². The van der Waals surface area contributed by atoms with Crippen LogP contribution >= 0.6 is 15.9 Å². The van der Waals surface area contributed by atoms with Gasteiger partial charge < -0.3 is 10.1 Å². The Bertz CT molecular complexity index is 664. The highest BCUT2D eigenvalue weighted by molar-refractivity contribution is 9.10. The van der Waals surface area contributed by atoms with Crippen LogP contribution in [0, 0.1) is 15.9 Å². The molecule has 0 aromatic heterocycles. The topological polar surface area (TPSA) is 64.4 Å². The Labute approximate surface area is 122 Å². The Hall–Kier alpha value is -2.15. The van der Waals surface area contributed by atoms with E-state index in [0.717, 1.165) is 0 Å². The van der Waals surface area contributed by atoms with Gasteiger partial charge in [-0.25, -0.2) is 4.39 Å². The SMILES string of the molecule is COc1ccc(F)c(Nc2ccc(Br)cc2[N+](=O)[O-])c1. The van der Waals surface area contributed by atoms with Crippen LogP contribution in [-0.2, 0) is 0 Å². The van der Waals surface area contributed by atoms with Gasteiger partial charge in [-0.15, -0.1) is 0 Å². The van der Waals surface area contributed by atoms with Crippen LogP contribution in [0.25, 0.3) is 0 Å². The van der Waals surface area contributed by atoms with Gasteiger partial charge >= 0.3 is 0 Å². The Morgan fingerprint density at radius 2 is 2.00 bits per heavy atom. The van der Waals surface area contributed by atoms with Crippen LogP contribution < -0.4 is 10.1 Å². The Morgan fingerprint density at radius 1 is 1.25 bits per heavy atom. The molecule has 7 heteroatoms. The summed E-state index contributed by atoms with van der Waals surface area (Å²) >= 11 is 3.16. The number of rotatable bonds is 4. The minimum Gasteiger partial charge on any atom is -0.497 e. The van der Waals surface area contributed by atoms with Crippen molar-refractivity contribution in [3.05, 3.63) is 56.8 Å². The van der Waals surface area contributed by atoms with Gasteiger partial charge in [-0.2, -0.15) is 0 Å². The van der Waals surface area contributed by atoms with Crippen LogP contribution in [0.1, 0.15) is 0 Å². The first kappa shape index (κ1) is 14.3. The molecule has 0 saturated carbocycles. The van der Waals surface area contributed by atoms with Gasteiger partial charge in [0.2, 0.25) is 0 Å². The van der Waals surface area contributed by atoms with Crippen molar-refractivity contribution in [3.8, 4) is 5.75 Å². The van der Waals surface area contributed by atoms with Gasteiger partial charge in [0.1, 0.15) is 17.3 Å². The predicted molar refractivity (Wildman–Crippen MR) is 77.0 cm³/mol. The average Bonchev–Trinajstić information content (AvgIpc) is 2.42. The number of methoxy groups -OCH3 is 1. The first-order chi connectivity index (χ1) is 9.51. The lowest BCUT2D eigenvalue weighted by Crippen LogP contribution is -1.99. The standard InChI is InChI=1S/C13H10BrFN2O3/c1-20-9-3-4-10(15)12(7-9)16-11-5-2-8(14)6-13(11)17(18)19/h2-7,16H,1H3. The molecule has 2 aromatic carbocycles. The Kier molecular flexibility index (Phi) is 4.19. The Morgan fingerprint density at radius 3 is 2.65 bits per heavy atom. The molecule has 0 aliphatic carbocycles. The minimum absolute atomic E-state index is 0.106. The van der Waals surface area contributed by atoms with E-state index >= 15 is 0 Å². The van der Waals surface area contributed by atoms with Crippen molar-refractivity contribution in [3.63, 3.8) is 0 Å². The van der Waals surface area contributed by atoms with E-state index in [4.69, 9.17) is 4.74 Å². The fraction of sp³-hybridized carbons (Fsp3) is 0.0769. The predicted octanol–water partition coefficient (Wildman–Crippen LogP) is 4.25. The molecular weight excluding hydrogens is 331 g/mol. The molecule has 104 valence electrons. The monoisotopic (exact) mass is 340 g/mol. The maximum Gasteiger partial charge on any atom is 0.293 e. The summed E-state index contributed by atoms with van der Waals surface area (Å²) in [6, 6.07) is 8.61. The zero-order valence-electron chi connectivity index (χ0n) is 10.4. The van der Waals surface area contributed by atoms with Crippen molar-refractivity contribution in [2.45, 2.75) is 0 Å². The van der Waals surface area contributed by atoms with Crippen molar-refractivity contribution in [1.29, 1.82) is 0 Å². The van der Waals surface area contributed by atoms with E-state index in [0.29, 0.717) is 10.2 Å². The minimum atomic E-state index is -0.537. The fourth-order valence-electron chi connectivity index (χ4n) is 1.63. The van der Waals surface area contributed by atoms with E-state index in [2.05, 4.69) is 21.2 Å². The zero-order valence-corrected chi connectivity index (χ0v) is 12.0. The molecule has 1 N–H and O–H groups in total. The highest BCUT2D eigenvalue weighted by Gasteiger charge is 2.15. The summed E-state index contributed by atoms with van der Waals surface area (Å²) < 4.78 is 19.3. The Balaban J connectivity index is 2.42. The van der Waals surface area contributed by atoms with E-state index in [-0.39, 0.29) is 17.1 Å². The number of nitro groups is 1. The van der Waals surface area contributed by atoms with Crippen LogP contribution in [0.4, 0.5) is 21.5 Å². The molecule has 0 radical (unpaired) electrons. The quantitative estimate of drug-likeness (QED) is 0.667. The lowest BCUT2D eigenvalue weighted by atomic mass is 10.2. The summed E-state index contributed by atoms with van der Waals surface area (Å²) in [5, 5.41) is 13.7. The average molecular weight is 341 g/mol. The van der Waals surface area contributed by atoms with Gasteiger partial charge in [0, 0.05) is 16.6 Å². The molecule has 2 aromatic rings. The number of nitrogens with one attached hydrogen (secondary N) is 1. The molecule has 0 aliphatic heterocycles. The molecule has 20 heavy (non-hydrogen) atoms. The largest absolute Gasteiger partial charge is 0.497 e. The van der Waals surface area contributed by atoms with E-state index in [1.807, 2.05) is 0 Å². The van der Waals surface area contributed by atoms with Crippen molar-refractivity contribution >= 4 is 33.0 Å². The first-order valence-electron chi connectivity index (χ1n) is 5.56. The van der Waals surface area contributed by atoms with Crippen molar-refractivity contribution in [1.82, 2.24) is 0 Å². The van der Waals surface area contributed by atoms with Crippen molar-refractivity contribution in [2.24, 2.45) is 0 Å². The number of hydrogen-bond donors (Lipinski definition) is 1. The molecule has 0 spiro atoms. The summed E-state index contributed by atoms with van der Waals surface area (Å²) in [6.45, 7) is 0. The second kappa shape index (κ2) is 5.87. The molecule has 0 unspecified atom stereocenters. The number of benzene rings is 2. The summed E-state index contributed by atoms with van der Waals surface area (Å²) in [5.74, 6) is -0.0725. The molecule has 2 rings (SSSR count). The summed E-state index contributed by atoms with van der Waals surface area (Å²) in [5.41, 5.74) is 0.154. The van der Waals surface area contributed by atoms with Crippen LogP contribution in [-0.4, -0.2) is 12.0 Å². The van der Waals surface area contributed by atoms with Crippen LogP contribution in [0.2, 0.25) is 0 Å². The van der Waals surface area contributed by atoms with Crippen molar-refractivity contribution < 1.29 is 14.1 Å². The maximum atomic E-state index is 13.7. The van der Waals surface area contributed by atoms with Gasteiger partial charge in [-0.3, -0.25) is 10.1 Å². The summed E-state index contributed by atoms with van der Waals surface area (Å²) in [7, 11) is 1.46. The smallest absolute Gasteiger partial charge is 0.293 e. The number of ether oxygens (including phenoxy) is 1. The number of halogens is 2. The van der Waals surface area contributed by atoms with Gasteiger partial charge in [0.25, 0.3) is 5.69 Å². The molecule has 5 nitrogen and oxygen atoms in total. The van der Waals surface area contributed by atoms with Gasteiger partial charge in [0.15, 0.2) is 0 Å². The van der Waals surface area contributed by atoms with Crippen LogP contribution in [0.5, 0.6) is 5.75 Å².